The first-order chi connectivity index (χ1) is 19.2. The number of hydrogen-bond donors (Lipinski definition) is 2. The molecule has 2 heterocycles. The monoisotopic (exact) mass is 562 g/mol. The van der Waals surface area contributed by atoms with Gasteiger partial charge in [0.25, 0.3) is 5.91 Å². The molecule has 6 rings (SSSR count). The second-order valence-corrected chi connectivity index (χ2v) is 11.5. The van der Waals surface area contributed by atoms with Crippen molar-refractivity contribution < 1.29 is 23.8 Å². The lowest BCUT2D eigenvalue weighted by molar-refractivity contribution is -0.142. The Bertz CT molecular complexity index is 1610. The minimum atomic E-state index is -0.746. The number of nitrogens with one attached hydrogen (secondary N) is 1. The summed E-state index contributed by atoms with van der Waals surface area (Å²) in [7, 11) is 1.43. The lowest BCUT2D eigenvalue weighted by Gasteiger charge is -2.57. The van der Waals surface area contributed by atoms with E-state index in [1.54, 1.807) is 41.3 Å². The summed E-state index contributed by atoms with van der Waals surface area (Å²) in [5, 5.41) is 17.9. The van der Waals surface area contributed by atoms with Gasteiger partial charge in [0.1, 0.15) is 0 Å². The van der Waals surface area contributed by atoms with E-state index in [9.17, 15) is 14.0 Å². The molecule has 10 heteroatoms. The predicted molar refractivity (Wildman–Crippen MR) is 148 cm³/mol. The van der Waals surface area contributed by atoms with Crippen LogP contribution in [-0.2, 0) is 11.3 Å². The van der Waals surface area contributed by atoms with E-state index in [-0.39, 0.29) is 35.5 Å². The van der Waals surface area contributed by atoms with Gasteiger partial charge in [0.15, 0.2) is 11.6 Å². The van der Waals surface area contributed by atoms with Crippen molar-refractivity contribution in [1.82, 2.24) is 20.1 Å². The molecule has 4 aromatic rings. The number of amides is 1. The van der Waals surface area contributed by atoms with Crippen molar-refractivity contribution in [2.75, 3.05) is 7.11 Å². The maximum Gasteiger partial charge on any atom is 0.303 e. The summed E-state index contributed by atoms with van der Waals surface area (Å²) in [5.74, 6) is -0.965. The van der Waals surface area contributed by atoms with Gasteiger partial charge in [0.2, 0.25) is 0 Å². The van der Waals surface area contributed by atoms with Gasteiger partial charge < -0.3 is 15.2 Å². The number of ether oxygens (including phenoxy) is 1. The molecule has 2 aromatic heterocycles. The van der Waals surface area contributed by atoms with Crippen LogP contribution in [0.15, 0.2) is 54.9 Å². The third kappa shape index (κ3) is 5.01. The van der Waals surface area contributed by atoms with Crippen LogP contribution in [-0.4, -0.2) is 44.9 Å². The molecule has 0 unspecified atom stereocenters. The van der Waals surface area contributed by atoms with Crippen LogP contribution in [0.2, 0.25) is 5.02 Å². The number of benzene rings is 2. The van der Waals surface area contributed by atoms with Gasteiger partial charge in [-0.2, -0.15) is 5.10 Å². The minimum absolute atomic E-state index is 0.0562. The van der Waals surface area contributed by atoms with Crippen molar-refractivity contribution in [3.63, 3.8) is 0 Å². The Labute approximate surface area is 235 Å². The zero-order valence-electron chi connectivity index (χ0n) is 21.9. The number of hydrogen-bond acceptors (Lipinski definition) is 5. The fourth-order valence-electron chi connectivity index (χ4n) is 6.42. The third-order valence-corrected chi connectivity index (χ3v) is 8.38. The van der Waals surface area contributed by atoms with E-state index in [4.69, 9.17) is 21.4 Å². The molecule has 8 nitrogen and oxygen atoms in total. The Morgan fingerprint density at radius 2 is 1.90 bits per heavy atom. The Balaban J connectivity index is 1.16. The highest BCUT2D eigenvalue weighted by molar-refractivity contribution is 6.32. The first-order valence-corrected chi connectivity index (χ1v) is 13.6. The Hall–Kier alpha value is -3.98. The first-order valence-electron chi connectivity index (χ1n) is 13.2. The molecule has 1 spiro atoms. The zero-order chi connectivity index (χ0) is 28.0. The van der Waals surface area contributed by atoms with Crippen molar-refractivity contribution >= 4 is 34.4 Å². The molecule has 1 amide bonds. The largest absolute Gasteiger partial charge is 0.494 e. The maximum atomic E-state index is 14.1. The lowest BCUT2D eigenvalue weighted by Crippen LogP contribution is -2.56. The summed E-state index contributed by atoms with van der Waals surface area (Å²) >= 11 is 6.35. The molecule has 2 aliphatic rings. The van der Waals surface area contributed by atoms with Crippen LogP contribution < -0.4 is 10.1 Å². The molecule has 2 aromatic carbocycles. The number of carboxylic acids is 1. The number of aromatic nitrogens is 3. The number of methoxy groups -OCH3 is 1. The molecule has 2 N–H and O–H groups in total. The fraction of sp³-hybridized carbons (Fsp3) is 0.333. The number of halogens is 2. The summed E-state index contributed by atoms with van der Waals surface area (Å²) in [6.07, 6.45) is 7.15. The standard InChI is InChI=1S/C30H28ClFN4O4/c1-40-26-5-3-18(8-25(26)32)19-2-4-22(33-14-19)16-36-28-20(15-34-36)7-21(31)9-24(28)29(39)35-23-12-30(13-23)10-17(11-30)6-27(37)38/h2-5,7-9,14-15,17,23H,6,10-13,16H2,1H3,(H,35,39)(H,37,38). The van der Waals surface area contributed by atoms with E-state index in [1.807, 2.05) is 12.1 Å². The van der Waals surface area contributed by atoms with Crippen molar-refractivity contribution in [1.29, 1.82) is 0 Å². The van der Waals surface area contributed by atoms with E-state index < -0.39 is 11.8 Å². The van der Waals surface area contributed by atoms with Gasteiger partial charge in [0.05, 0.1) is 36.6 Å². The van der Waals surface area contributed by atoms with E-state index in [1.165, 1.54) is 13.2 Å². The molecular weight excluding hydrogens is 535 g/mol. The summed E-state index contributed by atoms with van der Waals surface area (Å²) in [4.78, 5) is 28.9. The smallest absolute Gasteiger partial charge is 0.303 e. The van der Waals surface area contributed by atoms with Crippen molar-refractivity contribution in [2.45, 2.75) is 44.7 Å². The molecule has 0 saturated heterocycles. The molecule has 2 aliphatic carbocycles. The van der Waals surface area contributed by atoms with E-state index in [2.05, 4.69) is 15.4 Å². The topological polar surface area (TPSA) is 106 Å². The predicted octanol–water partition coefficient (Wildman–Crippen LogP) is 5.71. The number of rotatable bonds is 8. The van der Waals surface area contributed by atoms with Gasteiger partial charge >= 0.3 is 5.97 Å². The van der Waals surface area contributed by atoms with Gasteiger partial charge in [-0.3, -0.25) is 19.3 Å². The molecule has 0 bridgehead atoms. The van der Waals surface area contributed by atoms with Crippen LogP contribution in [0.3, 0.4) is 0 Å². The van der Waals surface area contributed by atoms with E-state index in [0.717, 1.165) is 42.3 Å². The van der Waals surface area contributed by atoms with E-state index >= 15 is 0 Å². The number of fused-ring (bicyclic) bond motifs is 1. The number of carboxylic acid groups (broad SMARTS) is 1. The highest BCUT2D eigenvalue weighted by Gasteiger charge is 2.53. The summed E-state index contributed by atoms with van der Waals surface area (Å²) < 4.78 is 20.9. The fourth-order valence-corrected chi connectivity index (χ4v) is 6.64. The molecule has 0 atom stereocenters. The summed E-state index contributed by atoms with van der Waals surface area (Å²) in [6, 6.07) is 12.0. The number of aliphatic carboxylic acids is 1. The molecule has 2 saturated carbocycles. The van der Waals surface area contributed by atoms with E-state index in [0.29, 0.717) is 28.2 Å². The van der Waals surface area contributed by atoms with Crippen LogP contribution in [0.25, 0.3) is 22.0 Å². The van der Waals surface area contributed by atoms with Gasteiger partial charge in [-0.1, -0.05) is 23.7 Å². The van der Waals surface area contributed by atoms with Gasteiger partial charge in [-0.05, 0) is 72.9 Å². The molecular formula is C30H28ClFN4O4. The van der Waals surface area contributed by atoms with Crippen LogP contribution in [0.4, 0.5) is 4.39 Å². The number of carbonyl (C=O) groups excluding carboxylic acids is 1. The maximum absolute atomic E-state index is 14.1. The summed E-state index contributed by atoms with van der Waals surface area (Å²) in [5.41, 5.74) is 3.48. The van der Waals surface area contributed by atoms with Crippen molar-refractivity contribution in [3.8, 4) is 16.9 Å². The second kappa shape index (κ2) is 10.2. The SMILES string of the molecule is COc1ccc(-c2ccc(Cn3ncc4cc(Cl)cc(C(=O)NC5CC6(CC(CC(=O)O)C6)C5)c43)nc2)cc1F. The van der Waals surface area contributed by atoms with Crippen LogP contribution in [0, 0.1) is 17.2 Å². The van der Waals surface area contributed by atoms with Gasteiger partial charge in [0, 0.05) is 34.6 Å². The number of pyridine rings is 1. The quantitative estimate of drug-likeness (QED) is 0.285. The van der Waals surface area contributed by atoms with Crippen molar-refractivity contribution in [3.05, 3.63) is 77.0 Å². The normalized spacial score (nSPS) is 21.6. The molecule has 0 aliphatic heterocycles. The highest BCUT2D eigenvalue weighted by Crippen LogP contribution is 2.59. The van der Waals surface area contributed by atoms with Crippen LogP contribution in [0.1, 0.15) is 48.2 Å². The summed E-state index contributed by atoms with van der Waals surface area (Å²) in [6.45, 7) is 0.334. The van der Waals surface area contributed by atoms with Gasteiger partial charge in [-0.15, -0.1) is 0 Å². The highest BCUT2D eigenvalue weighted by atomic mass is 35.5. The van der Waals surface area contributed by atoms with Gasteiger partial charge in [-0.25, -0.2) is 4.39 Å². The van der Waals surface area contributed by atoms with Crippen LogP contribution >= 0.6 is 11.6 Å². The third-order valence-electron chi connectivity index (χ3n) is 8.17. The zero-order valence-corrected chi connectivity index (χ0v) is 22.6. The Morgan fingerprint density at radius 1 is 1.12 bits per heavy atom. The molecule has 0 radical (unpaired) electrons. The average Bonchev–Trinajstić information content (AvgIpc) is 3.27. The van der Waals surface area contributed by atoms with Crippen molar-refractivity contribution in [2.24, 2.45) is 11.3 Å². The second-order valence-electron chi connectivity index (χ2n) is 11.0. The lowest BCUT2D eigenvalue weighted by atomic mass is 9.49. The number of carbonyl (C=O) groups is 2. The average molecular weight is 563 g/mol. The number of nitrogens with zero attached hydrogens (tertiary/aromatic N) is 3. The molecule has 40 heavy (non-hydrogen) atoms. The molecule has 2 fully saturated rings. The Morgan fingerprint density at radius 3 is 2.58 bits per heavy atom. The van der Waals surface area contributed by atoms with Crippen LogP contribution in [0.5, 0.6) is 5.75 Å². The Kier molecular flexibility index (Phi) is 6.70. The minimum Gasteiger partial charge on any atom is -0.494 e. The molecule has 206 valence electrons. The first kappa shape index (κ1) is 26.3.